The average molecular weight is 187 g/mol. The lowest BCUT2D eigenvalue weighted by Gasteiger charge is -1.98. The van der Waals surface area contributed by atoms with Crippen LogP contribution in [0.1, 0.15) is 0 Å². The van der Waals surface area contributed by atoms with Crippen LogP contribution in [0.3, 0.4) is 0 Å². The number of hydrogen-bond donors (Lipinski definition) is 0. The third kappa shape index (κ3) is 3.88. The maximum Gasteiger partial charge on any atom is 0.388 e. The summed E-state index contributed by atoms with van der Waals surface area (Å²) >= 11 is 5.19. The highest BCUT2D eigenvalue weighted by Gasteiger charge is 2.10. The number of alkyl halides is 1. The highest BCUT2D eigenvalue weighted by atomic mass is 35.5. The number of rotatable bonds is 4. The zero-order valence-electron chi connectivity index (χ0n) is 5.43. The minimum absolute atomic E-state index is 0.106. The molecule has 1 atom stereocenters. The van der Waals surface area contributed by atoms with Crippen molar-refractivity contribution < 1.29 is 18.6 Å². The second-order valence-corrected chi connectivity index (χ2v) is 2.97. The van der Waals surface area contributed by atoms with E-state index in [1.165, 1.54) is 0 Å². The zero-order chi connectivity index (χ0) is 7.98. The van der Waals surface area contributed by atoms with Gasteiger partial charge in [-0.15, -0.1) is 11.6 Å². The highest BCUT2D eigenvalue weighted by Crippen LogP contribution is 2.23. The maximum absolute atomic E-state index is 10.6. The van der Waals surface area contributed by atoms with E-state index in [1.54, 1.807) is 0 Å². The highest BCUT2D eigenvalue weighted by molar-refractivity contribution is 7.58. The molecule has 60 valence electrons. The molecule has 0 aromatic carbocycles. The molecule has 0 rings (SSSR count). The van der Waals surface area contributed by atoms with E-state index in [9.17, 15) is 9.36 Å². The molecule has 0 N–H and O–H groups in total. The van der Waals surface area contributed by atoms with Gasteiger partial charge in [-0.05, 0) is 0 Å². The molecule has 0 fully saturated rings. The summed E-state index contributed by atoms with van der Waals surface area (Å²) in [6.45, 7) is 0.106. The summed E-state index contributed by atoms with van der Waals surface area (Å²) in [6, 6.07) is 0. The molecule has 6 heteroatoms. The van der Waals surface area contributed by atoms with E-state index in [4.69, 9.17) is 11.6 Å². The van der Waals surface area contributed by atoms with Crippen molar-refractivity contribution in [2.45, 2.75) is 0 Å². The Hall–Kier alpha value is -0.0500. The van der Waals surface area contributed by atoms with E-state index < -0.39 is 13.7 Å². The first kappa shape index (κ1) is 9.95. The molecule has 0 aliphatic carbocycles. The molecule has 0 radical (unpaired) electrons. The van der Waals surface area contributed by atoms with Gasteiger partial charge in [0.25, 0.3) is 8.03 Å². The van der Waals surface area contributed by atoms with Gasteiger partial charge in [0.15, 0.2) is 0 Å². The monoisotopic (exact) mass is 186 g/mol. The molecule has 0 aromatic heterocycles. The fourth-order valence-corrected chi connectivity index (χ4v) is 1.05. The Morgan fingerprint density at radius 1 is 1.70 bits per heavy atom. The Morgan fingerprint density at radius 3 is 2.70 bits per heavy atom. The lowest BCUT2D eigenvalue weighted by molar-refractivity contribution is 0.192. The van der Waals surface area contributed by atoms with E-state index in [0.29, 0.717) is 0 Å². The number of carbonyl (C=O) groups excluding carboxylic acids is 1. The Kier molecular flexibility index (Phi) is 5.69. The summed E-state index contributed by atoms with van der Waals surface area (Å²) in [4.78, 5) is 10.4. The number of hydrogen-bond acceptors (Lipinski definition) is 4. The summed E-state index contributed by atoms with van der Waals surface area (Å²) in [6.07, 6.45) is 0. The first-order valence-electron chi connectivity index (χ1n) is 2.53. The van der Waals surface area contributed by atoms with Crippen LogP contribution < -0.4 is 0 Å². The quantitative estimate of drug-likeness (QED) is 0.493. The van der Waals surface area contributed by atoms with Gasteiger partial charge in [-0.25, -0.2) is 4.79 Å². The van der Waals surface area contributed by atoms with Crippen LogP contribution in [0.25, 0.3) is 0 Å². The van der Waals surface area contributed by atoms with Gasteiger partial charge < -0.3 is 9.26 Å². The van der Waals surface area contributed by atoms with E-state index in [2.05, 4.69) is 9.26 Å². The Balaban J connectivity index is 3.52. The minimum atomic E-state index is -2.68. The van der Waals surface area contributed by atoms with Crippen molar-refractivity contribution in [1.82, 2.24) is 0 Å². The normalized spacial score (nSPS) is 12.6. The van der Waals surface area contributed by atoms with Crippen LogP contribution in [0.4, 0.5) is 4.79 Å². The van der Waals surface area contributed by atoms with E-state index in [0.717, 1.165) is 7.11 Å². The molecule has 0 aromatic rings. The van der Waals surface area contributed by atoms with Gasteiger partial charge in [0, 0.05) is 5.88 Å². The molecule has 0 aliphatic rings. The summed E-state index contributed by atoms with van der Waals surface area (Å²) in [7, 11) is -1.53. The van der Waals surface area contributed by atoms with Gasteiger partial charge in [-0.1, -0.05) is 0 Å². The Labute approximate surface area is 64.3 Å². The lowest BCUT2D eigenvalue weighted by atomic mass is 10.9. The standard InChI is InChI=1S/C4H8ClO4P/c1-8-4(6)10(7)9-3-2-5/h10H,2-3H2,1H3. The molecular weight excluding hydrogens is 178 g/mol. The second-order valence-electron chi connectivity index (χ2n) is 1.32. The fourth-order valence-electron chi connectivity index (χ4n) is 0.274. The summed E-state index contributed by atoms with van der Waals surface area (Å²) in [5, 5.41) is 0. The van der Waals surface area contributed by atoms with Gasteiger partial charge >= 0.3 is 5.71 Å². The van der Waals surface area contributed by atoms with E-state index in [1.807, 2.05) is 0 Å². The number of carbonyl (C=O) groups is 1. The van der Waals surface area contributed by atoms with Crippen LogP contribution in [0.2, 0.25) is 0 Å². The fraction of sp³-hybridized carbons (Fsp3) is 0.750. The summed E-state index contributed by atoms with van der Waals surface area (Å²) < 4.78 is 19.2. The Morgan fingerprint density at radius 2 is 2.30 bits per heavy atom. The molecule has 1 unspecified atom stereocenters. The first-order chi connectivity index (χ1) is 4.72. The molecule has 10 heavy (non-hydrogen) atoms. The Bertz CT molecular complexity index is 137. The average Bonchev–Trinajstić information content (AvgIpc) is 1.98. The second kappa shape index (κ2) is 5.71. The number of methoxy groups -OCH3 is 1. The third-order valence-electron chi connectivity index (χ3n) is 0.662. The van der Waals surface area contributed by atoms with Crippen molar-refractivity contribution in [3.63, 3.8) is 0 Å². The van der Waals surface area contributed by atoms with Crippen molar-refractivity contribution in [1.29, 1.82) is 0 Å². The van der Waals surface area contributed by atoms with Crippen molar-refractivity contribution in [2.75, 3.05) is 19.6 Å². The van der Waals surface area contributed by atoms with Gasteiger partial charge in [-0.3, -0.25) is 4.57 Å². The number of halogens is 1. The van der Waals surface area contributed by atoms with Crippen molar-refractivity contribution >= 4 is 25.3 Å². The van der Waals surface area contributed by atoms with Gasteiger partial charge in [0.2, 0.25) is 0 Å². The van der Waals surface area contributed by atoms with Crippen molar-refractivity contribution in [2.24, 2.45) is 0 Å². The predicted molar refractivity (Wildman–Crippen MR) is 38.1 cm³/mol. The minimum Gasteiger partial charge on any atom is -0.462 e. The van der Waals surface area contributed by atoms with Crippen LogP contribution in [0.5, 0.6) is 0 Å². The number of ether oxygens (including phenoxy) is 1. The van der Waals surface area contributed by atoms with Gasteiger partial charge in [-0.2, -0.15) is 0 Å². The van der Waals surface area contributed by atoms with Crippen LogP contribution in [0, 0.1) is 0 Å². The molecule has 0 saturated carbocycles. The maximum atomic E-state index is 10.6. The van der Waals surface area contributed by atoms with Gasteiger partial charge in [0.05, 0.1) is 13.7 Å². The molecule has 0 bridgehead atoms. The molecular formula is C4H8ClO4P. The van der Waals surface area contributed by atoms with Crippen molar-refractivity contribution in [3.8, 4) is 0 Å². The predicted octanol–water partition coefficient (Wildman–Crippen LogP) is 1.48. The molecule has 0 amide bonds. The van der Waals surface area contributed by atoms with E-state index in [-0.39, 0.29) is 12.5 Å². The molecule has 4 nitrogen and oxygen atoms in total. The third-order valence-corrected chi connectivity index (χ3v) is 1.82. The summed E-state index contributed by atoms with van der Waals surface area (Å²) in [5.74, 6) is 0.216. The van der Waals surface area contributed by atoms with E-state index >= 15 is 0 Å². The smallest absolute Gasteiger partial charge is 0.388 e. The molecule has 0 spiro atoms. The van der Waals surface area contributed by atoms with Crippen LogP contribution in [-0.2, 0) is 13.8 Å². The molecule has 0 aliphatic heterocycles. The molecule has 0 heterocycles. The van der Waals surface area contributed by atoms with Crippen LogP contribution >= 0.6 is 19.6 Å². The lowest BCUT2D eigenvalue weighted by Crippen LogP contribution is -1.95. The summed E-state index contributed by atoms with van der Waals surface area (Å²) in [5.41, 5.74) is -0.824. The first-order valence-corrected chi connectivity index (χ1v) is 4.38. The van der Waals surface area contributed by atoms with Crippen molar-refractivity contribution in [3.05, 3.63) is 0 Å². The van der Waals surface area contributed by atoms with Crippen LogP contribution in [0.15, 0.2) is 0 Å². The van der Waals surface area contributed by atoms with Gasteiger partial charge in [0.1, 0.15) is 0 Å². The largest absolute Gasteiger partial charge is 0.462 e. The topological polar surface area (TPSA) is 52.6 Å². The van der Waals surface area contributed by atoms with Crippen LogP contribution in [-0.4, -0.2) is 25.3 Å². The molecule has 0 saturated heterocycles. The SMILES string of the molecule is COC(=O)[PH](=O)OCCCl. The zero-order valence-corrected chi connectivity index (χ0v) is 7.18.